The number of carbonyl (C=O) groups excluding carboxylic acids is 1. The summed E-state index contributed by atoms with van der Waals surface area (Å²) in [6.45, 7) is 1.31. The first-order valence-corrected chi connectivity index (χ1v) is 7.78. The van der Waals surface area contributed by atoms with Crippen LogP contribution in [-0.4, -0.2) is 25.7 Å². The molecule has 2 N–H and O–H groups in total. The molecule has 0 saturated heterocycles. The lowest BCUT2D eigenvalue weighted by Gasteiger charge is -2.13. The van der Waals surface area contributed by atoms with Gasteiger partial charge in [0.2, 0.25) is 5.91 Å². The fraction of sp³-hybridized carbons (Fsp3) is 0.235. The molecule has 120 valence electrons. The molecule has 0 unspecified atom stereocenters. The van der Waals surface area contributed by atoms with Crippen molar-refractivity contribution in [1.82, 2.24) is 0 Å². The van der Waals surface area contributed by atoms with Crippen LogP contribution in [0.3, 0.4) is 0 Å². The summed E-state index contributed by atoms with van der Waals surface area (Å²) in [6, 6.07) is 12.8. The Balaban J connectivity index is 1.64. The Morgan fingerprint density at radius 3 is 2.52 bits per heavy atom. The number of ether oxygens (including phenoxy) is 2. The maximum absolute atomic E-state index is 12.0. The fourth-order valence-electron chi connectivity index (χ4n) is 2.22. The van der Waals surface area contributed by atoms with Crippen LogP contribution in [0, 0.1) is 0 Å². The summed E-state index contributed by atoms with van der Waals surface area (Å²) in [5, 5.41) is 6.32. The monoisotopic (exact) mass is 332 g/mol. The molecule has 0 radical (unpaired) electrons. The van der Waals surface area contributed by atoms with E-state index < -0.39 is 0 Å². The summed E-state index contributed by atoms with van der Waals surface area (Å²) in [6.07, 6.45) is 0.828. The van der Waals surface area contributed by atoms with E-state index in [1.807, 2.05) is 30.3 Å². The third-order valence-electron chi connectivity index (χ3n) is 3.33. The standard InChI is InChI=1S/C17H17ClN2O3/c18-13-9-15-16(23-8-4-7-22-15)10-14(13)19-11-17(21)20-12-5-2-1-3-6-12/h1-3,5-6,9-10,19H,4,7-8,11H2,(H,20,21). The van der Waals surface area contributed by atoms with Crippen LogP contribution in [0.2, 0.25) is 5.02 Å². The first kappa shape index (κ1) is 15.5. The van der Waals surface area contributed by atoms with Crippen molar-refractivity contribution >= 4 is 28.9 Å². The van der Waals surface area contributed by atoms with E-state index in [2.05, 4.69) is 10.6 Å². The van der Waals surface area contributed by atoms with Crippen molar-refractivity contribution in [3.05, 3.63) is 47.5 Å². The zero-order valence-corrected chi connectivity index (χ0v) is 13.2. The largest absolute Gasteiger partial charge is 0.490 e. The maximum atomic E-state index is 12.0. The smallest absolute Gasteiger partial charge is 0.243 e. The normalized spacial score (nSPS) is 13.1. The predicted molar refractivity (Wildman–Crippen MR) is 90.6 cm³/mol. The highest BCUT2D eigenvalue weighted by atomic mass is 35.5. The highest BCUT2D eigenvalue weighted by Crippen LogP contribution is 2.37. The zero-order valence-electron chi connectivity index (χ0n) is 12.5. The number of hydrogen-bond acceptors (Lipinski definition) is 4. The van der Waals surface area contributed by atoms with Gasteiger partial charge in [0, 0.05) is 24.2 Å². The van der Waals surface area contributed by atoms with Gasteiger partial charge in [-0.15, -0.1) is 0 Å². The molecule has 0 spiro atoms. The van der Waals surface area contributed by atoms with E-state index >= 15 is 0 Å². The van der Waals surface area contributed by atoms with Crippen LogP contribution in [-0.2, 0) is 4.79 Å². The minimum atomic E-state index is -0.153. The van der Waals surface area contributed by atoms with Gasteiger partial charge >= 0.3 is 0 Å². The molecule has 0 saturated carbocycles. The quantitative estimate of drug-likeness (QED) is 0.899. The molecular formula is C17H17ClN2O3. The number of amides is 1. The van der Waals surface area contributed by atoms with Crippen molar-refractivity contribution in [1.29, 1.82) is 0 Å². The molecule has 0 fully saturated rings. The highest BCUT2D eigenvalue weighted by molar-refractivity contribution is 6.33. The second-order valence-corrected chi connectivity index (χ2v) is 5.50. The Kier molecular flexibility index (Phi) is 4.88. The van der Waals surface area contributed by atoms with Gasteiger partial charge in [-0.05, 0) is 12.1 Å². The first-order valence-electron chi connectivity index (χ1n) is 7.40. The third-order valence-corrected chi connectivity index (χ3v) is 3.65. The number of carbonyl (C=O) groups is 1. The molecule has 2 aromatic carbocycles. The van der Waals surface area contributed by atoms with E-state index in [0.717, 1.165) is 12.1 Å². The second-order valence-electron chi connectivity index (χ2n) is 5.10. The molecule has 3 rings (SSSR count). The van der Waals surface area contributed by atoms with Gasteiger partial charge in [0.15, 0.2) is 11.5 Å². The third kappa shape index (κ3) is 4.07. The molecule has 0 aliphatic carbocycles. The van der Waals surface area contributed by atoms with Crippen LogP contribution >= 0.6 is 11.6 Å². The molecule has 1 amide bonds. The summed E-state index contributed by atoms with van der Waals surface area (Å²) in [5.41, 5.74) is 1.39. The number of hydrogen-bond donors (Lipinski definition) is 2. The summed E-state index contributed by atoms with van der Waals surface area (Å²) in [5.74, 6) is 1.11. The van der Waals surface area contributed by atoms with Crippen LogP contribution < -0.4 is 20.1 Å². The predicted octanol–water partition coefficient (Wildman–Crippen LogP) is 3.55. The molecule has 1 aliphatic heterocycles. The number of rotatable bonds is 4. The molecule has 6 heteroatoms. The van der Waals surface area contributed by atoms with Gasteiger partial charge in [0.25, 0.3) is 0 Å². The van der Waals surface area contributed by atoms with Crippen LogP contribution in [0.15, 0.2) is 42.5 Å². The van der Waals surface area contributed by atoms with Gasteiger partial charge < -0.3 is 20.1 Å². The first-order chi connectivity index (χ1) is 11.2. The molecule has 0 bridgehead atoms. The molecule has 23 heavy (non-hydrogen) atoms. The topological polar surface area (TPSA) is 59.6 Å². The maximum Gasteiger partial charge on any atom is 0.243 e. The van der Waals surface area contributed by atoms with Crippen LogP contribution in [0.4, 0.5) is 11.4 Å². The van der Waals surface area contributed by atoms with Crippen molar-refractivity contribution in [3.63, 3.8) is 0 Å². The minimum Gasteiger partial charge on any atom is -0.490 e. The number of benzene rings is 2. The molecular weight excluding hydrogens is 316 g/mol. The van der Waals surface area contributed by atoms with Crippen molar-refractivity contribution in [2.75, 3.05) is 30.4 Å². The van der Waals surface area contributed by atoms with E-state index in [-0.39, 0.29) is 12.5 Å². The molecule has 0 atom stereocenters. The lowest BCUT2D eigenvalue weighted by molar-refractivity contribution is -0.114. The van der Waals surface area contributed by atoms with Gasteiger partial charge in [0.1, 0.15) is 0 Å². The summed E-state index contributed by atoms with van der Waals surface area (Å²) in [7, 11) is 0. The molecule has 1 heterocycles. The average Bonchev–Trinajstić information content (AvgIpc) is 2.78. The Morgan fingerprint density at radius 1 is 1.09 bits per heavy atom. The Bertz CT molecular complexity index is 692. The van der Waals surface area contributed by atoms with Crippen molar-refractivity contribution in [2.45, 2.75) is 6.42 Å². The molecule has 5 nitrogen and oxygen atoms in total. The van der Waals surface area contributed by atoms with Gasteiger partial charge in [-0.1, -0.05) is 29.8 Å². The highest BCUT2D eigenvalue weighted by Gasteiger charge is 2.14. The van der Waals surface area contributed by atoms with E-state index in [9.17, 15) is 4.79 Å². The van der Waals surface area contributed by atoms with Crippen LogP contribution in [0.1, 0.15) is 6.42 Å². The molecule has 0 aromatic heterocycles. The SMILES string of the molecule is O=C(CNc1cc2c(cc1Cl)OCCCO2)Nc1ccccc1. The number of fused-ring (bicyclic) bond motifs is 1. The summed E-state index contributed by atoms with van der Waals surface area (Å²) >= 11 is 6.23. The van der Waals surface area contributed by atoms with Crippen molar-refractivity contribution in [3.8, 4) is 11.5 Å². The lowest BCUT2D eigenvalue weighted by Crippen LogP contribution is -2.21. The Hall–Kier alpha value is -2.40. The zero-order chi connectivity index (χ0) is 16.1. The van der Waals surface area contributed by atoms with Gasteiger partial charge in [-0.25, -0.2) is 0 Å². The lowest BCUT2D eigenvalue weighted by atomic mass is 10.2. The average molecular weight is 333 g/mol. The van der Waals surface area contributed by atoms with Crippen LogP contribution in [0.5, 0.6) is 11.5 Å². The van der Waals surface area contributed by atoms with E-state index in [0.29, 0.717) is 35.4 Å². The molecule has 2 aromatic rings. The van der Waals surface area contributed by atoms with Gasteiger partial charge in [-0.2, -0.15) is 0 Å². The summed E-state index contributed by atoms with van der Waals surface area (Å²) < 4.78 is 11.2. The number of para-hydroxylation sites is 1. The number of anilines is 2. The number of nitrogens with one attached hydrogen (secondary N) is 2. The minimum absolute atomic E-state index is 0.105. The Morgan fingerprint density at radius 2 is 1.78 bits per heavy atom. The van der Waals surface area contributed by atoms with Crippen molar-refractivity contribution < 1.29 is 14.3 Å². The molecule has 1 aliphatic rings. The van der Waals surface area contributed by atoms with E-state index in [1.165, 1.54) is 0 Å². The second kappa shape index (κ2) is 7.24. The Labute approximate surface area is 139 Å². The van der Waals surface area contributed by atoms with E-state index in [1.54, 1.807) is 12.1 Å². The fourth-order valence-corrected chi connectivity index (χ4v) is 2.44. The van der Waals surface area contributed by atoms with Crippen LogP contribution in [0.25, 0.3) is 0 Å². The van der Waals surface area contributed by atoms with Crippen molar-refractivity contribution in [2.24, 2.45) is 0 Å². The van der Waals surface area contributed by atoms with Gasteiger partial charge in [-0.3, -0.25) is 4.79 Å². The number of halogens is 1. The van der Waals surface area contributed by atoms with E-state index in [4.69, 9.17) is 21.1 Å². The van der Waals surface area contributed by atoms with Gasteiger partial charge in [0.05, 0.1) is 30.5 Å². The summed E-state index contributed by atoms with van der Waals surface area (Å²) in [4.78, 5) is 12.0.